The molecule has 1 unspecified atom stereocenters. The molecule has 1 rings (SSSR count). The summed E-state index contributed by atoms with van der Waals surface area (Å²) in [5, 5.41) is 0.717. The Kier molecular flexibility index (Phi) is 5.57. The van der Waals surface area contributed by atoms with Gasteiger partial charge in [0.25, 0.3) is 0 Å². The molecule has 0 fully saturated rings. The Morgan fingerprint density at radius 1 is 1.31 bits per heavy atom. The summed E-state index contributed by atoms with van der Waals surface area (Å²) in [7, 11) is 0. The fraction of sp³-hybridized carbons (Fsp3) is 0.538. The zero-order valence-corrected chi connectivity index (χ0v) is 11.2. The van der Waals surface area contributed by atoms with Gasteiger partial charge in [-0.3, -0.25) is 0 Å². The van der Waals surface area contributed by atoms with E-state index in [0.29, 0.717) is 10.9 Å². The van der Waals surface area contributed by atoms with E-state index in [1.165, 1.54) is 12.1 Å². The quantitative estimate of drug-likeness (QED) is 0.651. The fourth-order valence-corrected chi connectivity index (χ4v) is 1.96. The van der Waals surface area contributed by atoms with Crippen molar-refractivity contribution in [2.24, 2.45) is 5.92 Å². The Balaban J connectivity index is 2.43. The molecule has 0 saturated heterocycles. The highest BCUT2D eigenvalue weighted by Crippen LogP contribution is 2.21. The first-order valence-corrected chi connectivity index (χ1v) is 6.40. The van der Waals surface area contributed by atoms with Crippen LogP contribution in [0.3, 0.4) is 0 Å². The van der Waals surface area contributed by atoms with E-state index in [9.17, 15) is 4.39 Å². The van der Waals surface area contributed by atoms with Crippen molar-refractivity contribution < 1.29 is 4.39 Å². The van der Waals surface area contributed by atoms with Gasteiger partial charge in [0.15, 0.2) is 0 Å². The number of halogens is 3. The Bertz CT molecular complexity index is 337. The van der Waals surface area contributed by atoms with Crippen molar-refractivity contribution in [1.82, 2.24) is 0 Å². The summed E-state index contributed by atoms with van der Waals surface area (Å²) in [6, 6.07) is 4.55. The van der Waals surface area contributed by atoms with Crippen LogP contribution in [0, 0.1) is 11.7 Å². The molecule has 0 radical (unpaired) electrons. The zero-order chi connectivity index (χ0) is 12.1. The molecule has 0 aliphatic carbocycles. The van der Waals surface area contributed by atoms with E-state index in [1.54, 1.807) is 6.07 Å². The molecule has 90 valence electrons. The van der Waals surface area contributed by atoms with E-state index in [2.05, 4.69) is 13.8 Å². The lowest BCUT2D eigenvalue weighted by molar-refractivity contribution is 0.547. The van der Waals surface area contributed by atoms with Gasteiger partial charge >= 0.3 is 0 Å². The standard InChI is InChI=1S/C13H17Cl2F/c1-9(2)12(14)5-3-4-10-6-7-11(16)8-13(10)15/h6-9,12H,3-5H2,1-2H3. The Morgan fingerprint density at radius 2 is 2.00 bits per heavy atom. The van der Waals surface area contributed by atoms with Crippen molar-refractivity contribution >= 4 is 23.2 Å². The number of hydrogen-bond donors (Lipinski definition) is 0. The summed E-state index contributed by atoms with van der Waals surface area (Å²) in [6.07, 6.45) is 2.81. The molecule has 0 saturated carbocycles. The Morgan fingerprint density at radius 3 is 2.56 bits per heavy atom. The molecule has 1 aromatic carbocycles. The number of alkyl halides is 1. The van der Waals surface area contributed by atoms with Crippen LogP contribution in [0.15, 0.2) is 18.2 Å². The minimum absolute atomic E-state index is 0.208. The number of aryl methyl sites for hydroxylation is 1. The van der Waals surface area contributed by atoms with Crippen molar-refractivity contribution in [1.29, 1.82) is 0 Å². The number of rotatable bonds is 5. The van der Waals surface area contributed by atoms with Crippen LogP contribution < -0.4 is 0 Å². The first kappa shape index (κ1) is 13.8. The van der Waals surface area contributed by atoms with Gasteiger partial charge in [0, 0.05) is 10.4 Å². The van der Waals surface area contributed by atoms with Crippen LogP contribution in [-0.2, 0) is 6.42 Å². The molecule has 1 atom stereocenters. The molecule has 0 spiro atoms. The van der Waals surface area contributed by atoms with Gasteiger partial charge in [0.05, 0.1) is 0 Å². The van der Waals surface area contributed by atoms with E-state index in [-0.39, 0.29) is 11.2 Å². The first-order valence-electron chi connectivity index (χ1n) is 5.58. The molecular formula is C13H17Cl2F. The minimum atomic E-state index is -0.286. The summed E-state index contributed by atoms with van der Waals surface area (Å²) in [4.78, 5) is 0. The van der Waals surface area contributed by atoms with E-state index < -0.39 is 0 Å². The van der Waals surface area contributed by atoms with Crippen molar-refractivity contribution in [3.63, 3.8) is 0 Å². The topological polar surface area (TPSA) is 0 Å². The van der Waals surface area contributed by atoms with Gasteiger partial charge in [0.2, 0.25) is 0 Å². The van der Waals surface area contributed by atoms with Crippen molar-refractivity contribution in [2.45, 2.75) is 38.5 Å². The molecule has 0 aromatic heterocycles. The van der Waals surface area contributed by atoms with Crippen LogP contribution in [0.2, 0.25) is 5.02 Å². The summed E-state index contributed by atoms with van der Waals surface area (Å²) < 4.78 is 12.8. The maximum Gasteiger partial charge on any atom is 0.124 e. The van der Waals surface area contributed by atoms with Crippen molar-refractivity contribution in [3.8, 4) is 0 Å². The Labute approximate surface area is 107 Å². The second-order valence-electron chi connectivity index (χ2n) is 4.39. The highest BCUT2D eigenvalue weighted by atomic mass is 35.5. The van der Waals surface area contributed by atoms with Gasteiger partial charge < -0.3 is 0 Å². The monoisotopic (exact) mass is 262 g/mol. The molecule has 0 heterocycles. The van der Waals surface area contributed by atoms with Crippen LogP contribution in [0.1, 0.15) is 32.3 Å². The maximum atomic E-state index is 12.8. The summed E-state index contributed by atoms with van der Waals surface area (Å²) in [5.41, 5.74) is 0.996. The van der Waals surface area contributed by atoms with Gasteiger partial charge in [0.1, 0.15) is 5.82 Å². The Hall–Kier alpha value is -0.270. The summed E-state index contributed by atoms with van der Waals surface area (Å²) >= 11 is 12.1. The summed E-state index contributed by atoms with van der Waals surface area (Å²) in [6.45, 7) is 4.23. The van der Waals surface area contributed by atoms with Gasteiger partial charge in [-0.05, 0) is 42.9 Å². The van der Waals surface area contributed by atoms with Crippen molar-refractivity contribution in [2.75, 3.05) is 0 Å². The second kappa shape index (κ2) is 6.46. The van der Waals surface area contributed by atoms with E-state index in [4.69, 9.17) is 23.2 Å². The second-order valence-corrected chi connectivity index (χ2v) is 5.36. The average Bonchev–Trinajstić information content (AvgIpc) is 2.20. The smallest absolute Gasteiger partial charge is 0.124 e. The molecule has 0 aliphatic heterocycles. The maximum absolute atomic E-state index is 12.8. The lowest BCUT2D eigenvalue weighted by Crippen LogP contribution is -2.07. The van der Waals surface area contributed by atoms with Gasteiger partial charge in [-0.1, -0.05) is 31.5 Å². The van der Waals surface area contributed by atoms with Crippen LogP contribution in [0.5, 0.6) is 0 Å². The van der Waals surface area contributed by atoms with Crippen molar-refractivity contribution in [3.05, 3.63) is 34.6 Å². The lowest BCUT2D eigenvalue weighted by Gasteiger charge is -2.13. The first-order chi connectivity index (χ1) is 7.50. The molecule has 0 bridgehead atoms. The molecule has 1 aromatic rings. The third kappa shape index (κ3) is 4.31. The molecule has 0 amide bonds. The van der Waals surface area contributed by atoms with Crippen LogP contribution in [0.4, 0.5) is 4.39 Å². The van der Waals surface area contributed by atoms with Crippen LogP contribution >= 0.6 is 23.2 Å². The third-order valence-electron chi connectivity index (χ3n) is 2.66. The molecule has 3 heteroatoms. The SMILES string of the molecule is CC(C)C(Cl)CCCc1ccc(F)cc1Cl. The number of hydrogen-bond acceptors (Lipinski definition) is 0. The van der Waals surface area contributed by atoms with E-state index in [0.717, 1.165) is 24.8 Å². The summed E-state index contributed by atoms with van der Waals surface area (Å²) in [5.74, 6) is 0.205. The highest BCUT2D eigenvalue weighted by Gasteiger charge is 2.09. The highest BCUT2D eigenvalue weighted by molar-refractivity contribution is 6.31. The van der Waals surface area contributed by atoms with Crippen LogP contribution in [0.25, 0.3) is 0 Å². The predicted octanol–water partition coefficient (Wildman–Crippen LogP) is 5.07. The molecule has 0 N–H and O–H groups in total. The minimum Gasteiger partial charge on any atom is -0.207 e. The molecular weight excluding hydrogens is 246 g/mol. The predicted molar refractivity (Wildman–Crippen MR) is 68.8 cm³/mol. The third-order valence-corrected chi connectivity index (χ3v) is 3.74. The number of benzene rings is 1. The van der Waals surface area contributed by atoms with Gasteiger partial charge in [-0.2, -0.15) is 0 Å². The molecule has 16 heavy (non-hydrogen) atoms. The molecule has 0 aliphatic rings. The normalized spacial score (nSPS) is 13.1. The lowest BCUT2D eigenvalue weighted by atomic mass is 10.0. The van der Waals surface area contributed by atoms with E-state index >= 15 is 0 Å². The van der Waals surface area contributed by atoms with Gasteiger partial charge in [-0.15, -0.1) is 11.6 Å². The zero-order valence-electron chi connectivity index (χ0n) is 9.64. The van der Waals surface area contributed by atoms with Crippen LogP contribution in [-0.4, -0.2) is 5.38 Å². The van der Waals surface area contributed by atoms with Gasteiger partial charge in [-0.25, -0.2) is 4.39 Å². The molecule has 0 nitrogen and oxygen atoms in total. The van der Waals surface area contributed by atoms with E-state index in [1.807, 2.05) is 0 Å². The largest absolute Gasteiger partial charge is 0.207 e. The fourth-order valence-electron chi connectivity index (χ4n) is 1.55. The average molecular weight is 263 g/mol.